The minimum Gasteiger partial charge on any atom is -0.335 e. The van der Waals surface area contributed by atoms with Crippen LogP contribution < -0.4 is 16.0 Å². The molecule has 23 heavy (non-hydrogen) atoms. The summed E-state index contributed by atoms with van der Waals surface area (Å²) in [5.74, 6) is -0.705. The first-order valence-corrected chi connectivity index (χ1v) is 8.23. The Kier molecular flexibility index (Phi) is 6.84. The number of carbonyl (C=O) groups excluding carboxylic acids is 2. The van der Waals surface area contributed by atoms with Gasteiger partial charge in [-0.15, -0.1) is 0 Å². The lowest BCUT2D eigenvalue weighted by Crippen LogP contribution is -2.44. The fourth-order valence-electron chi connectivity index (χ4n) is 2.74. The zero-order valence-corrected chi connectivity index (χ0v) is 13.2. The lowest BCUT2D eigenvalue weighted by atomic mass is 9.97. The first kappa shape index (κ1) is 17.2. The number of urea groups is 1. The molecular formula is C17H24FN3O2. The highest BCUT2D eigenvalue weighted by Gasteiger charge is 2.14. The van der Waals surface area contributed by atoms with E-state index in [0.717, 1.165) is 25.7 Å². The van der Waals surface area contributed by atoms with E-state index in [2.05, 4.69) is 16.0 Å². The lowest BCUT2D eigenvalue weighted by molar-refractivity contribution is -0.115. The van der Waals surface area contributed by atoms with E-state index in [0.29, 0.717) is 5.69 Å². The maximum absolute atomic E-state index is 12.8. The molecule has 126 valence electrons. The Morgan fingerprint density at radius 1 is 1.00 bits per heavy atom. The van der Waals surface area contributed by atoms with Gasteiger partial charge in [-0.3, -0.25) is 4.79 Å². The zero-order chi connectivity index (χ0) is 16.5. The Morgan fingerprint density at radius 2 is 1.61 bits per heavy atom. The molecule has 2 rings (SSSR count). The van der Waals surface area contributed by atoms with Crippen molar-refractivity contribution in [1.82, 2.24) is 10.6 Å². The van der Waals surface area contributed by atoms with Crippen molar-refractivity contribution in [3.63, 3.8) is 0 Å². The summed E-state index contributed by atoms with van der Waals surface area (Å²) in [5.41, 5.74) is 0.499. The van der Waals surface area contributed by atoms with Crippen LogP contribution in [0.25, 0.3) is 0 Å². The number of anilines is 1. The average Bonchev–Trinajstić information content (AvgIpc) is 2.50. The van der Waals surface area contributed by atoms with Crippen LogP contribution in [-0.4, -0.2) is 24.5 Å². The Morgan fingerprint density at radius 3 is 2.26 bits per heavy atom. The van der Waals surface area contributed by atoms with Gasteiger partial charge >= 0.3 is 6.03 Å². The molecule has 1 aliphatic rings. The van der Waals surface area contributed by atoms with Gasteiger partial charge in [0.15, 0.2) is 0 Å². The Hall–Kier alpha value is -2.11. The van der Waals surface area contributed by atoms with Gasteiger partial charge in [0.1, 0.15) is 5.82 Å². The maximum atomic E-state index is 12.8. The van der Waals surface area contributed by atoms with Gasteiger partial charge in [-0.2, -0.15) is 0 Å². The summed E-state index contributed by atoms with van der Waals surface area (Å²) in [4.78, 5) is 23.6. The van der Waals surface area contributed by atoms with Crippen LogP contribution in [0.1, 0.15) is 44.9 Å². The van der Waals surface area contributed by atoms with E-state index in [1.165, 1.54) is 43.5 Å². The number of halogens is 1. The molecule has 0 unspecified atom stereocenters. The van der Waals surface area contributed by atoms with Crippen LogP contribution in [0.3, 0.4) is 0 Å². The van der Waals surface area contributed by atoms with Crippen molar-refractivity contribution in [2.45, 2.75) is 51.0 Å². The van der Waals surface area contributed by atoms with Crippen LogP contribution in [0.5, 0.6) is 0 Å². The summed E-state index contributed by atoms with van der Waals surface area (Å²) in [6.45, 7) is -0.115. The van der Waals surface area contributed by atoms with Gasteiger partial charge in [-0.05, 0) is 37.1 Å². The van der Waals surface area contributed by atoms with Gasteiger partial charge in [0.05, 0.1) is 6.54 Å². The van der Waals surface area contributed by atoms with Crippen molar-refractivity contribution in [2.75, 3.05) is 11.9 Å². The van der Waals surface area contributed by atoms with Crippen LogP contribution in [0.15, 0.2) is 24.3 Å². The number of rotatable bonds is 4. The molecule has 0 aromatic heterocycles. The molecule has 1 aliphatic carbocycles. The van der Waals surface area contributed by atoms with E-state index in [9.17, 15) is 14.0 Å². The number of nitrogens with one attached hydrogen (secondary N) is 3. The van der Waals surface area contributed by atoms with E-state index in [4.69, 9.17) is 0 Å². The molecular weight excluding hydrogens is 297 g/mol. The maximum Gasteiger partial charge on any atom is 0.315 e. The average molecular weight is 321 g/mol. The summed E-state index contributed by atoms with van der Waals surface area (Å²) >= 11 is 0. The SMILES string of the molecule is O=C(CNC(=O)NC1CCCCCCC1)Nc1ccc(F)cc1. The second kappa shape index (κ2) is 9.12. The Labute approximate surface area is 136 Å². The van der Waals surface area contributed by atoms with E-state index >= 15 is 0 Å². The standard InChI is InChI=1S/C17H24FN3O2/c18-13-8-10-15(11-9-13)20-16(22)12-19-17(23)21-14-6-4-2-1-3-5-7-14/h8-11,14H,1-7,12H2,(H,20,22)(H2,19,21,23). The van der Waals surface area contributed by atoms with Crippen molar-refractivity contribution >= 4 is 17.6 Å². The number of hydrogen-bond donors (Lipinski definition) is 3. The predicted molar refractivity (Wildman–Crippen MR) is 87.7 cm³/mol. The minimum atomic E-state index is -0.361. The van der Waals surface area contributed by atoms with Gasteiger partial charge in [-0.1, -0.05) is 32.1 Å². The molecule has 1 fully saturated rings. The first-order valence-electron chi connectivity index (χ1n) is 8.23. The van der Waals surface area contributed by atoms with Crippen LogP contribution in [0, 0.1) is 5.82 Å². The van der Waals surface area contributed by atoms with Crippen molar-refractivity contribution in [2.24, 2.45) is 0 Å². The van der Waals surface area contributed by atoms with E-state index in [-0.39, 0.29) is 30.3 Å². The Balaban J connectivity index is 1.68. The third kappa shape index (κ3) is 6.67. The van der Waals surface area contributed by atoms with Crippen molar-refractivity contribution < 1.29 is 14.0 Å². The molecule has 3 N–H and O–H groups in total. The summed E-state index contributed by atoms with van der Waals surface area (Å²) in [5, 5.41) is 8.09. The van der Waals surface area contributed by atoms with Gasteiger partial charge in [-0.25, -0.2) is 9.18 Å². The third-order valence-corrected chi connectivity index (χ3v) is 3.98. The van der Waals surface area contributed by atoms with Crippen molar-refractivity contribution in [3.8, 4) is 0 Å². The zero-order valence-electron chi connectivity index (χ0n) is 13.2. The highest BCUT2D eigenvalue weighted by Crippen LogP contribution is 2.16. The summed E-state index contributed by atoms with van der Waals surface area (Å²) < 4.78 is 12.8. The molecule has 0 saturated heterocycles. The number of hydrogen-bond acceptors (Lipinski definition) is 2. The monoisotopic (exact) mass is 321 g/mol. The third-order valence-electron chi connectivity index (χ3n) is 3.98. The summed E-state index contributed by atoms with van der Waals surface area (Å²) in [6, 6.07) is 5.36. The van der Waals surface area contributed by atoms with Crippen molar-refractivity contribution in [3.05, 3.63) is 30.1 Å². The number of benzene rings is 1. The van der Waals surface area contributed by atoms with Gasteiger partial charge < -0.3 is 16.0 Å². The first-order chi connectivity index (χ1) is 11.1. The summed E-state index contributed by atoms with van der Waals surface area (Å²) in [7, 11) is 0. The van der Waals surface area contributed by atoms with Crippen LogP contribution in [0.2, 0.25) is 0 Å². The predicted octanol–water partition coefficient (Wildman–Crippen LogP) is 3.18. The topological polar surface area (TPSA) is 70.2 Å². The molecule has 0 bridgehead atoms. The van der Waals surface area contributed by atoms with Crippen LogP contribution in [-0.2, 0) is 4.79 Å². The van der Waals surface area contributed by atoms with E-state index in [1.54, 1.807) is 0 Å². The molecule has 5 nitrogen and oxygen atoms in total. The number of carbonyl (C=O) groups is 2. The van der Waals surface area contributed by atoms with Gasteiger partial charge in [0, 0.05) is 11.7 Å². The molecule has 1 saturated carbocycles. The van der Waals surface area contributed by atoms with Gasteiger partial charge in [0.2, 0.25) is 5.91 Å². The molecule has 0 atom stereocenters. The molecule has 1 aromatic rings. The lowest BCUT2D eigenvalue weighted by Gasteiger charge is -2.21. The summed E-state index contributed by atoms with van der Waals surface area (Å²) in [6.07, 6.45) is 7.98. The largest absolute Gasteiger partial charge is 0.335 e. The second-order valence-electron chi connectivity index (χ2n) is 5.92. The van der Waals surface area contributed by atoms with Gasteiger partial charge in [0.25, 0.3) is 0 Å². The minimum absolute atomic E-state index is 0.115. The fourth-order valence-corrected chi connectivity index (χ4v) is 2.74. The quantitative estimate of drug-likeness (QED) is 0.797. The van der Waals surface area contributed by atoms with Crippen molar-refractivity contribution in [1.29, 1.82) is 0 Å². The highest BCUT2D eigenvalue weighted by molar-refractivity contribution is 5.94. The Bertz CT molecular complexity index is 511. The van der Waals surface area contributed by atoms with E-state index in [1.807, 2.05) is 0 Å². The fraction of sp³-hybridized carbons (Fsp3) is 0.529. The smallest absolute Gasteiger partial charge is 0.315 e. The molecule has 0 spiro atoms. The molecule has 6 heteroatoms. The molecule has 1 aromatic carbocycles. The normalized spacial score (nSPS) is 16.0. The van der Waals surface area contributed by atoms with E-state index < -0.39 is 0 Å². The molecule has 0 aliphatic heterocycles. The number of amides is 3. The molecule has 0 heterocycles. The second-order valence-corrected chi connectivity index (χ2v) is 5.92. The molecule has 0 radical (unpaired) electrons. The highest BCUT2D eigenvalue weighted by atomic mass is 19.1. The van der Waals surface area contributed by atoms with Crippen LogP contribution >= 0.6 is 0 Å². The molecule has 3 amide bonds. The van der Waals surface area contributed by atoms with Crippen LogP contribution in [0.4, 0.5) is 14.9 Å².